The van der Waals surface area contributed by atoms with Crippen LogP contribution in [0.3, 0.4) is 0 Å². The number of hydrogen-bond acceptors (Lipinski definition) is 5. The zero-order valence-corrected chi connectivity index (χ0v) is 14.0. The average molecular weight is 341 g/mol. The van der Waals surface area contributed by atoms with Gasteiger partial charge in [-0.15, -0.1) is 0 Å². The molecule has 3 aromatic rings. The summed E-state index contributed by atoms with van der Waals surface area (Å²) in [6.45, 7) is 1.22. The molecule has 0 saturated carbocycles. The average Bonchev–Trinajstić information content (AvgIpc) is 2.63. The van der Waals surface area contributed by atoms with E-state index < -0.39 is 0 Å². The molecule has 0 aliphatic heterocycles. The van der Waals surface area contributed by atoms with E-state index in [4.69, 9.17) is 16.3 Å². The number of halogens is 1. The number of likely N-dealkylation sites (N-methyl/N-ethyl adjacent to an activating group) is 1. The Morgan fingerprint density at radius 3 is 2.67 bits per heavy atom. The predicted octanol–water partition coefficient (Wildman–Crippen LogP) is 3.71. The number of pyridine rings is 1. The van der Waals surface area contributed by atoms with E-state index in [2.05, 4.69) is 15.0 Å². The first-order chi connectivity index (χ1) is 11.7. The lowest BCUT2D eigenvalue weighted by atomic mass is 10.2. The summed E-state index contributed by atoms with van der Waals surface area (Å²) in [4.78, 5) is 14.9. The number of anilines is 1. The van der Waals surface area contributed by atoms with Crippen LogP contribution < -0.4 is 9.64 Å². The summed E-state index contributed by atoms with van der Waals surface area (Å²) < 4.78 is 5.72. The zero-order chi connectivity index (χ0) is 16.8. The van der Waals surface area contributed by atoms with Crippen LogP contribution in [-0.2, 0) is 0 Å². The number of para-hydroxylation sites is 1. The molecule has 0 amide bonds. The minimum Gasteiger partial charge on any atom is -0.492 e. The van der Waals surface area contributed by atoms with Crippen LogP contribution in [0.15, 0.2) is 60.9 Å². The lowest BCUT2D eigenvalue weighted by molar-refractivity contribution is 0.325. The van der Waals surface area contributed by atoms with E-state index in [1.165, 1.54) is 0 Å². The molecule has 3 rings (SSSR count). The minimum atomic E-state index is 0.398. The Morgan fingerprint density at radius 2 is 1.92 bits per heavy atom. The summed E-state index contributed by atoms with van der Waals surface area (Å²) in [7, 11) is 1.94. The summed E-state index contributed by atoms with van der Waals surface area (Å²) in [5.41, 5.74) is 0.829. The Balaban J connectivity index is 1.68. The van der Waals surface area contributed by atoms with Crippen molar-refractivity contribution >= 4 is 17.4 Å². The van der Waals surface area contributed by atoms with E-state index in [1.807, 2.05) is 54.4 Å². The topological polar surface area (TPSA) is 51.1 Å². The highest BCUT2D eigenvalue weighted by Crippen LogP contribution is 2.21. The third kappa shape index (κ3) is 4.20. The molecule has 2 aromatic heterocycles. The highest BCUT2D eigenvalue weighted by Gasteiger charge is 2.09. The first kappa shape index (κ1) is 16.2. The van der Waals surface area contributed by atoms with E-state index in [0.29, 0.717) is 24.1 Å². The predicted molar refractivity (Wildman–Crippen MR) is 95.5 cm³/mol. The number of rotatable bonds is 6. The smallest absolute Gasteiger partial charge is 0.164 e. The lowest BCUT2D eigenvalue weighted by Crippen LogP contribution is -2.25. The SMILES string of the molecule is CN(CCOc1ccccc1)c1cc(Cl)nc(-c2cccnc2)n1. The fourth-order valence-electron chi connectivity index (χ4n) is 2.16. The lowest BCUT2D eigenvalue weighted by Gasteiger charge is -2.19. The highest BCUT2D eigenvalue weighted by atomic mass is 35.5. The van der Waals surface area contributed by atoms with Crippen molar-refractivity contribution in [3.63, 3.8) is 0 Å². The molecule has 24 heavy (non-hydrogen) atoms. The summed E-state index contributed by atoms with van der Waals surface area (Å²) >= 11 is 6.14. The fraction of sp³-hybridized carbons (Fsp3) is 0.167. The van der Waals surface area contributed by atoms with Crippen LogP contribution in [0.25, 0.3) is 11.4 Å². The van der Waals surface area contributed by atoms with Crippen LogP contribution >= 0.6 is 11.6 Å². The van der Waals surface area contributed by atoms with Crippen molar-refractivity contribution in [1.82, 2.24) is 15.0 Å². The standard InChI is InChI=1S/C18H17ClN4O/c1-23(10-11-24-15-7-3-2-4-8-15)17-12-16(19)21-18(22-17)14-6-5-9-20-13-14/h2-9,12-13H,10-11H2,1H3. The maximum atomic E-state index is 6.14. The molecule has 0 unspecified atom stereocenters. The van der Waals surface area contributed by atoms with Gasteiger partial charge in [0.25, 0.3) is 0 Å². The van der Waals surface area contributed by atoms with Gasteiger partial charge in [0.2, 0.25) is 0 Å². The van der Waals surface area contributed by atoms with E-state index >= 15 is 0 Å². The number of nitrogens with zero attached hydrogens (tertiary/aromatic N) is 4. The van der Waals surface area contributed by atoms with Crippen molar-refractivity contribution in [2.45, 2.75) is 0 Å². The van der Waals surface area contributed by atoms with Crippen LogP contribution in [0.1, 0.15) is 0 Å². The molecule has 0 bridgehead atoms. The molecule has 0 radical (unpaired) electrons. The molecule has 0 N–H and O–H groups in total. The number of benzene rings is 1. The Bertz CT molecular complexity index is 784. The third-order valence-corrected chi connectivity index (χ3v) is 3.62. The molecule has 0 spiro atoms. The second kappa shape index (κ2) is 7.75. The van der Waals surface area contributed by atoms with Gasteiger partial charge < -0.3 is 9.64 Å². The van der Waals surface area contributed by atoms with Gasteiger partial charge >= 0.3 is 0 Å². The molecule has 5 nitrogen and oxygen atoms in total. The van der Waals surface area contributed by atoms with Crippen LogP contribution in [0, 0.1) is 0 Å². The van der Waals surface area contributed by atoms with Crippen molar-refractivity contribution in [2.75, 3.05) is 25.1 Å². The molecular formula is C18H17ClN4O. The second-order valence-corrected chi connectivity index (χ2v) is 5.58. The van der Waals surface area contributed by atoms with Crippen molar-refractivity contribution in [1.29, 1.82) is 0 Å². The zero-order valence-electron chi connectivity index (χ0n) is 13.3. The Labute approximate surface area is 145 Å². The van der Waals surface area contributed by atoms with Gasteiger partial charge in [0.1, 0.15) is 23.3 Å². The van der Waals surface area contributed by atoms with Gasteiger partial charge in [-0.2, -0.15) is 0 Å². The molecule has 0 aliphatic rings. The fourth-order valence-corrected chi connectivity index (χ4v) is 2.33. The summed E-state index contributed by atoms with van der Waals surface area (Å²) in [5.74, 6) is 2.15. The van der Waals surface area contributed by atoms with E-state index in [0.717, 1.165) is 17.1 Å². The van der Waals surface area contributed by atoms with Gasteiger partial charge in [0.15, 0.2) is 5.82 Å². The summed E-state index contributed by atoms with van der Waals surface area (Å²) in [6.07, 6.45) is 3.43. The number of aromatic nitrogens is 3. The van der Waals surface area contributed by atoms with E-state index in [-0.39, 0.29) is 0 Å². The quantitative estimate of drug-likeness (QED) is 0.640. The molecule has 0 fully saturated rings. The maximum absolute atomic E-state index is 6.14. The molecule has 122 valence electrons. The molecule has 1 aromatic carbocycles. The second-order valence-electron chi connectivity index (χ2n) is 5.20. The first-order valence-corrected chi connectivity index (χ1v) is 7.94. The molecule has 0 aliphatic carbocycles. The Kier molecular flexibility index (Phi) is 5.23. The van der Waals surface area contributed by atoms with Gasteiger partial charge in [-0.1, -0.05) is 29.8 Å². The van der Waals surface area contributed by atoms with Crippen molar-refractivity contribution in [3.05, 3.63) is 66.1 Å². The largest absolute Gasteiger partial charge is 0.492 e. The van der Waals surface area contributed by atoms with Gasteiger partial charge in [-0.05, 0) is 24.3 Å². The Morgan fingerprint density at radius 1 is 1.08 bits per heavy atom. The molecule has 0 atom stereocenters. The molecule has 2 heterocycles. The van der Waals surface area contributed by atoms with Crippen LogP contribution in [0.5, 0.6) is 5.75 Å². The number of ether oxygens (including phenoxy) is 1. The minimum absolute atomic E-state index is 0.398. The molecular weight excluding hydrogens is 324 g/mol. The van der Waals surface area contributed by atoms with Gasteiger partial charge in [0, 0.05) is 31.1 Å². The molecule has 6 heteroatoms. The first-order valence-electron chi connectivity index (χ1n) is 7.56. The van der Waals surface area contributed by atoms with Crippen LogP contribution in [-0.4, -0.2) is 35.2 Å². The van der Waals surface area contributed by atoms with Crippen LogP contribution in [0.4, 0.5) is 5.82 Å². The van der Waals surface area contributed by atoms with E-state index in [1.54, 1.807) is 18.5 Å². The van der Waals surface area contributed by atoms with Gasteiger partial charge in [0.05, 0.1) is 6.54 Å². The molecule has 0 saturated heterocycles. The van der Waals surface area contributed by atoms with Crippen molar-refractivity contribution < 1.29 is 4.74 Å². The van der Waals surface area contributed by atoms with Gasteiger partial charge in [-0.25, -0.2) is 9.97 Å². The maximum Gasteiger partial charge on any atom is 0.164 e. The van der Waals surface area contributed by atoms with Crippen molar-refractivity contribution in [2.24, 2.45) is 0 Å². The van der Waals surface area contributed by atoms with Crippen LogP contribution in [0.2, 0.25) is 5.15 Å². The highest BCUT2D eigenvalue weighted by molar-refractivity contribution is 6.29. The van der Waals surface area contributed by atoms with E-state index in [9.17, 15) is 0 Å². The Hall–Kier alpha value is -2.66. The third-order valence-electron chi connectivity index (χ3n) is 3.43. The summed E-state index contributed by atoms with van der Waals surface area (Å²) in [6, 6.07) is 15.2. The normalized spacial score (nSPS) is 10.4. The monoisotopic (exact) mass is 340 g/mol. The van der Waals surface area contributed by atoms with Crippen molar-refractivity contribution in [3.8, 4) is 17.1 Å². The number of hydrogen-bond donors (Lipinski definition) is 0. The summed E-state index contributed by atoms with van der Waals surface area (Å²) in [5, 5.41) is 0.398. The van der Waals surface area contributed by atoms with Gasteiger partial charge in [-0.3, -0.25) is 4.98 Å².